The van der Waals surface area contributed by atoms with Crippen LogP contribution >= 0.6 is 0 Å². The first-order valence-electron chi connectivity index (χ1n) is 7.41. The summed E-state index contributed by atoms with van der Waals surface area (Å²) >= 11 is 0. The van der Waals surface area contributed by atoms with Crippen molar-refractivity contribution in [3.05, 3.63) is 24.3 Å². The number of hydrogen-bond acceptors (Lipinski definition) is 4. The van der Waals surface area contributed by atoms with Gasteiger partial charge in [0, 0.05) is 0 Å². The average Bonchev–Trinajstić information content (AvgIpc) is 2.45. The van der Waals surface area contributed by atoms with Crippen molar-refractivity contribution in [3.8, 4) is 5.75 Å². The molecule has 22 heavy (non-hydrogen) atoms. The van der Waals surface area contributed by atoms with E-state index in [0.29, 0.717) is 12.4 Å². The predicted octanol–water partition coefficient (Wildman–Crippen LogP) is 1.11. The number of unbranched alkanes of at least 4 members (excludes halogenated alkanes) is 6. The van der Waals surface area contributed by atoms with Crippen LogP contribution < -0.4 is 34.4 Å². The van der Waals surface area contributed by atoms with Gasteiger partial charge >= 0.3 is 29.6 Å². The molecule has 1 rings (SSSR count). The van der Waals surface area contributed by atoms with Crippen LogP contribution in [-0.4, -0.2) is 19.6 Å². The van der Waals surface area contributed by atoms with Crippen LogP contribution in [0.5, 0.6) is 5.75 Å². The molecule has 0 bridgehead atoms. The maximum absolute atomic E-state index is 10.9. The molecule has 5 nitrogen and oxygen atoms in total. The molecular weight excluding hydrogens is 315 g/mol. The van der Waals surface area contributed by atoms with E-state index in [1.807, 2.05) is 0 Å². The number of benzene rings is 1. The van der Waals surface area contributed by atoms with Crippen LogP contribution in [0.2, 0.25) is 0 Å². The van der Waals surface area contributed by atoms with Gasteiger partial charge in [0.25, 0.3) is 10.1 Å². The van der Waals surface area contributed by atoms with Gasteiger partial charge in [-0.25, -0.2) is 0 Å². The van der Waals surface area contributed by atoms with Crippen molar-refractivity contribution in [2.45, 2.75) is 56.8 Å². The molecule has 0 spiro atoms. The Morgan fingerprint density at radius 2 is 1.55 bits per heavy atom. The zero-order valence-corrected chi connectivity index (χ0v) is 16.3. The molecule has 0 radical (unpaired) electrons. The van der Waals surface area contributed by atoms with E-state index in [1.54, 1.807) is 0 Å². The molecule has 0 heterocycles. The summed E-state index contributed by atoms with van der Waals surface area (Å²) in [4.78, 5) is 9.94. The first-order valence-corrected chi connectivity index (χ1v) is 8.85. The molecule has 1 N–H and O–H groups in total. The van der Waals surface area contributed by atoms with Crippen molar-refractivity contribution in [1.82, 2.24) is 0 Å². The quantitative estimate of drug-likeness (QED) is 0.215. The Morgan fingerprint density at radius 1 is 1.00 bits per heavy atom. The van der Waals surface area contributed by atoms with Gasteiger partial charge < -0.3 is 6.31 Å². The molecule has 0 amide bonds. The van der Waals surface area contributed by atoms with Crippen molar-refractivity contribution in [2.75, 3.05) is 6.61 Å². The molecular formula is C15H25NaO5S. The molecule has 122 valence electrons. The van der Waals surface area contributed by atoms with Crippen LogP contribution in [0.15, 0.2) is 29.2 Å². The van der Waals surface area contributed by atoms with Gasteiger partial charge in [-0.15, -0.1) is 0 Å². The molecule has 1 aromatic carbocycles. The van der Waals surface area contributed by atoms with Crippen LogP contribution in [0, 0.1) is 0 Å². The maximum Gasteiger partial charge on any atom is 1.00 e. The van der Waals surface area contributed by atoms with Crippen LogP contribution in [0.1, 0.15) is 53.3 Å². The number of hydrogen-bond donors (Lipinski definition) is 1. The Bertz CT molecular complexity index is 493. The minimum absolute atomic E-state index is 0. The molecule has 0 fully saturated rings. The Labute approximate surface area is 156 Å². The Hall–Kier alpha value is -0.110. The van der Waals surface area contributed by atoms with Gasteiger partial charge in [0.1, 0.15) is 0 Å². The topological polar surface area (TPSA) is 72.8 Å². The summed E-state index contributed by atoms with van der Waals surface area (Å²) in [5.74, 6) is 0.408. The second-order valence-electron chi connectivity index (χ2n) is 4.97. The van der Waals surface area contributed by atoms with Crippen molar-refractivity contribution in [1.29, 1.82) is 0 Å². The summed E-state index contributed by atoms with van der Waals surface area (Å²) < 4.78 is 30.5. The fourth-order valence-corrected chi connectivity index (χ4v) is 2.37. The summed E-state index contributed by atoms with van der Waals surface area (Å²) in [6.07, 6.45) is 8.41. The van der Waals surface area contributed by atoms with Crippen LogP contribution in [0.3, 0.4) is 0 Å². The minimum Gasteiger partial charge on any atom is -1.00 e. The molecule has 0 saturated carbocycles. The number of rotatable bonds is 11. The van der Waals surface area contributed by atoms with Gasteiger partial charge in [-0.1, -0.05) is 45.4 Å². The molecule has 7 heteroatoms. The monoisotopic (exact) mass is 340 g/mol. The van der Waals surface area contributed by atoms with Crippen molar-refractivity contribution in [3.63, 3.8) is 0 Å². The fraction of sp³-hybridized carbons (Fsp3) is 0.600. The third-order valence-electron chi connectivity index (χ3n) is 3.11. The van der Waals surface area contributed by atoms with E-state index < -0.39 is 10.1 Å². The zero-order valence-electron chi connectivity index (χ0n) is 14.5. The van der Waals surface area contributed by atoms with E-state index in [2.05, 4.69) is 6.92 Å². The maximum atomic E-state index is 10.9. The minimum atomic E-state index is -4.16. The van der Waals surface area contributed by atoms with Crippen LogP contribution in [0.25, 0.3) is 0 Å². The van der Waals surface area contributed by atoms with E-state index >= 15 is 0 Å². The van der Waals surface area contributed by atoms with Gasteiger partial charge in [0.2, 0.25) is 0 Å². The summed E-state index contributed by atoms with van der Waals surface area (Å²) in [6, 6.07) is 5.41. The molecule has 0 aliphatic heterocycles. The fourth-order valence-electron chi connectivity index (χ4n) is 1.89. The Kier molecular flexibility index (Phi) is 12.3. The van der Waals surface area contributed by atoms with Gasteiger partial charge in [-0.2, -0.15) is 13.3 Å². The third kappa shape index (κ3) is 9.82. The summed E-state index contributed by atoms with van der Waals surface area (Å²) in [5.41, 5.74) is 0. The van der Waals surface area contributed by atoms with E-state index in [0.717, 1.165) is 12.8 Å². The summed E-state index contributed by atoms with van der Waals surface area (Å²) in [6.45, 7) is 2.71. The van der Waals surface area contributed by atoms with E-state index in [1.165, 1.54) is 56.4 Å². The average molecular weight is 340 g/mol. The van der Waals surface area contributed by atoms with E-state index in [-0.39, 0.29) is 35.9 Å². The van der Waals surface area contributed by atoms with Crippen LogP contribution in [0.4, 0.5) is 0 Å². The van der Waals surface area contributed by atoms with E-state index in [4.69, 9.17) is 14.3 Å². The Morgan fingerprint density at radius 3 is 2.09 bits per heavy atom. The summed E-state index contributed by atoms with van der Waals surface area (Å²) in [7, 11) is -4.16. The van der Waals surface area contributed by atoms with Crippen molar-refractivity contribution in [2.24, 2.45) is 0 Å². The molecule has 0 aliphatic carbocycles. The molecule has 0 aromatic heterocycles. The SMILES string of the molecule is CCCCCCCCCOOc1ccc(S(=O)(=O)O)cc1.[H-].[Na+]. The van der Waals surface area contributed by atoms with Gasteiger partial charge in [-0.05, 0) is 30.7 Å². The predicted molar refractivity (Wildman–Crippen MR) is 81.9 cm³/mol. The molecule has 1 aromatic rings. The normalized spacial score (nSPS) is 11.0. The van der Waals surface area contributed by atoms with E-state index in [9.17, 15) is 8.42 Å². The molecule has 0 unspecified atom stereocenters. The second-order valence-corrected chi connectivity index (χ2v) is 6.39. The smallest absolute Gasteiger partial charge is 1.00 e. The van der Waals surface area contributed by atoms with Crippen LogP contribution in [-0.2, 0) is 15.0 Å². The first-order chi connectivity index (χ1) is 10.0. The van der Waals surface area contributed by atoms with Gasteiger partial charge in [0.15, 0.2) is 5.75 Å². The molecule has 0 aliphatic rings. The largest absolute Gasteiger partial charge is 1.00 e. The molecule has 0 atom stereocenters. The van der Waals surface area contributed by atoms with Crippen molar-refractivity contribution >= 4 is 10.1 Å². The first kappa shape index (κ1) is 21.9. The van der Waals surface area contributed by atoms with Gasteiger partial charge in [-0.3, -0.25) is 4.55 Å². The third-order valence-corrected chi connectivity index (χ3v) is 3.98. The Balaban J connectivity index is 0. The van der Waals surface area contributed by atoms with Crippen molar-refractivity contribution < 1.29 is 53.7 Å². The molecule has 0 saturated heterocycles. The zero-order chi connectivity index (χ0) is 15.6. The standard InChI is InChI=1S/C15H24O5S.Na.H/c1-2-3-4-5-6-7-8-13-19-20-14-9-11-15(12-10-14)21(16,17)18;;/h9-12H,2-8,13H2,1H3,(H,16,17,18);;/q;+1;-1. The summed E-state index contributed by atoms with van der Waals surface area (Å²) in [5, 5.41) is 0. The van der Waals surface area contributed by atoms with Gasteiger partial charge in [0.05, 0.1) is 11.5 Å². The second kappa shape index (κ2) is 12.3.